The minimum absolute atomic E-state index is 0.524. The molecule has 2 aromatic heterocycles. The maximum absolute atomic E-state index is 5.88. The number of nitrogens with zero attached hydrogens (tertiary/aromatic N) is 2. The van der Waals surface area contributed by atoms with Crippen molar-refractivity contribution in [3.8, 4) is 5.75 Å². The average Bonchev–Trinajstić information content (AvgIpc) is 2.86. The maximum Gasteiger partial charge on any atom is 0.179 e. The lowest BCUT2D eigenvalue weighted by Crippen LogP contribution is -1.99. The fraction of sp³-hybridized carbons (Fsp3) is 0.188. The van der Waals surface area contributed by atoms with Crippen LogP contribution in [0.25, 0.3) is 5.65 Å². The molecule has 0 amide bonds. The van der Waals surface area contributed by atoms with Crippen molar-refractivity contribution in [1.82, 2.24) is 9.38 Å². The van der Waals surface area contributed by atoms with Crippen LogP contribution < -0.4 is 10.5 Å². The van der Waals surface area contributed by atoms with Gasteiger partial charge in [-0.15, -0.1) is 0 Å². The van der Waals surface area contributed by atoms with Gasteiger partial charge in [-0.3, -0.25) is 0 Å². The number of hydrogen-bond donors (Lipinski definition) is 1. The minimum atomic E-state index is 0.524. The summed E-state index contributed by atoms with van der Waals surface area (Å²) in [5.74, 6) is 0.795. The van der Waals surface area contributed by atoms with Gasteiger partial charge in [-0.25, -0.2) is 4.98 Å². The van der Waals surface area contributed by atoms with Crippen molar-refractivity contribution >= 4 is 5.65 Å². The SMILES string of the molecule is Cc1cn2cccc(OCc3ccc(CN)cc3)c2n1. The summed E-state index contributed by atoms with van der Waals surface area (Å²) >= 11 is 0. The Kier molecular flexibility index (Phi) is 3.39. The highest BCUT2D eigenvalue weighted by atomic mass is 16.5. The van der Waals surface area contributed by atoms with Gasteiger partial charge in [0.15, 0.2) is 11.4 Å². The van der Waals surface area contributed by atoms with E-state index in [0.29, 0.717) is 13.2 Å². The summed E-state index contributed by atoms with van der Waals surface area (Å²) in [6.45, 7) is 3.06. The van der Waals surface area contributed by atoms with Gasteiger partial charge in [-0.05, 0) is 30.2 Å². The van der Waals surface area contributed by atoms with E-state index in [9.17, 15) is 0 Å². The van der Waals surface area contributed by atoms with E-state index in [-0.39, 0.29) is 0 Å². The summed E-state index contributed by atoms with van der Waals surface area (Å²) in [6, 6.07) is 12.0. The van der Waals surface area contributed by atoms with E-state index in [1.54, 1.807) is 0 Å². The first-order chi connectivity index (χ1) is 9.76. The molecule has 0 radical (unpaired) electrons. The molecule has 0 fully saturated rings. The number of aryl methyl sites for hydroxylation is 1. The molecule has 20 heavy (non-hydrogen) atoms. The lowest BCUT2D eigenvalue weighted by molar-refractivity contribution is 0.308. The fourth-order valence-electron chi connectivity index (χ4n) is 2.16. The molecule has 2 heterocycles. The molecule has 0 atom stereocenters. The zero-order valence-electron chi connectivity index (χ0n) is 11.4. The largest absolute Gasteiger partial charge is 0.485 e. The molecule has 2 N–H and O–H groups in total. The molecule has 0 aliphatic rings. The first-order valence-electron chi connectivity index (χ1n) is 6.61. The number of imidazole rings is 1. The second kappa shape index (κ2) is 5.35. The van der Waals surface area contributed by atoms with Gasteiger partial charge in [0.25, 0.3) is 0 Å². The molecule has 1 aromatic carbocycles. The molecule has 0 unspecified atom stereocenters. The number of hydrogen-bond acceptors (Lipinski definition) is 3. The highest BCUT2D eigenvalue weighted by Gasteiger charge is 2.05. The first-order valence-corrected chi connectivity index (χ1v) is 6.61. The highest BCUT2D eigenvalue weighted by molar-refractivity contribution is 5.54. The third-order valence-corrected chi connectivity index (χ3v) is 3.22. The fourth-order valence-corrected chi connectivity index (χ4v) is 2.16. The van der Waals surface area contributed by atoms with Gasteiger partial charge in [0.2, 0.25) is 0 Å². The smallest absolute Gasteiger partial charge is 0.179 e. The van der Waals surface area contributed by atoms with Crippen molar-refractivity contribution < 1.29 is 4.74 Å². The summed E-state index contributed by atoms with van der Waals surface area (Å²) in [5.41, 5.74) is 9.66. The quantitative estimate of drug-likeness (QED) is 0.790. The molecule has 0 bridgehead atoms. The Hall–Kier alpha value is -2.33. The van der Waals surface area contributed by atoms with Crippen LogP contribution in [0.4, 0.5) is 0 Å². The Morgan fingerprint density at radius 2 is 1.90 bits per heavy atom. The molecular weight excluding hydrogens is 250 g/mol. The summed E-state index contributed by atoms with van der Waals surface area (Å²) < 4.78 is 7.85. The van der Waals surface area contributed by atoms with Crippen molar-refractivity contribution in [2.45, 2.75) is 20.1 Å². The molecule has 0 aliphatic heterocycles. The molecular formula is C16H17N3O. The van der Waals surface area contributed by atoms with Gasteiger partial charge < -0.3 is 14.9 Å². The molecule has 0 spiro atoms. The van der Waals surface area contributed by atoms with E-state index in [2.05, 4.69) is 4.98 Å². The molecule has 0 aliphatic carbocycles. The molecule has 0 saturated heterocycles. The zero-order valence-corrected chi connectivity index (χ0v) is 11.4. The maximum atomic E-state index is 5.88. The van der Waals surface area contributed by atoms with E-state index < -0.39 is 0 Å². The Balaban J connectivity index is 1.79. The summed E-state index contributed by atoms with van der Waals surface area (Å²) in [5, 5.41) is 0. The van der Waals surface area contributed by atoms with Gasteiger partial charge in [0.1, 0.15) is 6.61 Å². The highest BCUT2D eigenvalue weighted by Crippen LogP contribution is 2.20. The van der Waals surface area contributed by atoms with Gasteiger partial charge in [-0.1, -0.05) is 24.3 Å². The number of pyridine rings is 1. The van der Waals surface area contributed by atoms with Gasteiger partial charge in [0.05, 0.1) is 5.69 Å². The molecule has 3 aromatic rings. The second-order valence-corrected chi connectivity index (χ2v) is 4.79. The van der Waals surface area contributed by atoms with Crippen molar-refractivity contribution in [1.29, 1.82) is 0 Å². The Morgan fingerprint density at radius 3 is 2.65 bits per heavy atom. The zero-order chi connectivity index (χ0) is 13.9. The number of fused-ring (bicyclic) bond motifs is 1. The van der Waals surface area contributed by atoms with Crippen molar-refractivity contribution in [2.75, 3.05) is 0 Å². The van der Waals surface area contributed by atoms with E-state index in [1.807, 2.05) is 60.1 Å². The molecule has 4 nitrogen and oxygen atoms in total. The average molecular weight is 267 g/mol. The van der Waals surface area contributed by atoms with Gasteiger partial charge >= 0.3 is 0 Å². The van der Waals surface area contributed by atoms with Crippen LogP contribution in [0.15, 0.2) is 48.8 Å². The monoisotopic (exact) mass is 267 g/mol. The molecule has 4 heteroatoms. The number of benzene rings is 1. The summed E-state index contributed by atoms with van der Waals surface area (Å²) in [6.07, 6.45) is 3.95. The minimum Gasteiger partial charge on any atom is -0.485 e. The van der Waals surface area contributed by atoms with E-state index in [0.717, 1.165) is 28.2 Å². The number of nitrogens with two attached hydrogens (primary N) is 1. The van der Waals surface area contributed by atoms with E-state index in [1.165, 1.54) is 0 Å². The van der Waals surface area contributed by atoms with Crippen molar-refractivity contribution in [3.05, 3.63) is 65.6 Å². The Morgan fingerprint density at radius 1 is 1.15 bits per heavy atom. The number of ether oxygens (including phenoxy) is 1. The Labute approximate surface area is 117 Å². The van der Waals surface area contributed by atoms with Crippen LogP contribution in [0.1, 0.15) is 16.8 Å². The van der Waals surface area contributed by atoms with Crippen LogP contribution in [-0.2, 0) is 13.2 Å². The molecule has 102 valence electrons. The van der Waals surface area contributed by atoms with Gasteiger partial charge in [0, 0.05) is 18.9 Å². The van der Waals surface area contributed by atoms with Crippen LogP contribution in [0, 0.1) is 6.92 Å². The summed E-state index contributed by atoms with van der Waals surface area (Å²) in [7, 11) is 0. The Bertz CT molecular complexity index is 716. The third-order valence-electron chi connectivity index (χ3n) is 3.22. The molecule has 3 rings (SSSR count). The second-order valence-electron chi connectivity index (χ2n) is 4.79. The van der Waals surface area contributed by atoms with Crippen LogP contribution in [0.5, 0.6) is 5.75 Å². The number of rotatable bonds is 4. The van der Waals surface area contributed by atoms with Gasteiger partial charge in [-0.2, -0.15) is 0 Å². The predicted octanol–water partition coefficient (Wildman–Crippen LogP) is 2.68. The van der Waals surface area contributed by atoms with Crippen LogP contribution in [0.2, 0.25) is 0 Å². The standard InChI is InChI=1S/C16H17N3O/c1-12-10-19-8-2-3-15(16(19)18-12)20-11-14-6-4-13(9-17)5-7-14/h2-8,10H,9,11,17H2,1H3. The van der Waals surface area contributed by atoms with Crippen molar-refractivity contribution in [2.24, 2.45) is 5.73 Å². The predicted molar refractivity (Wildman–Crippen MR) is 78.6 cm³/mol. The lowest BCUT2D eigenvalue weighted by Gasteiger charge is -2.08. The number of aromatic nitrogens is 2. The van der Waals surface area contributed by atoms with Crippen LogP contribution in [-0.4, -0.2) is 9.38 Å². The van der Waals surface area contributed by atoms with Crippen LogP contribution >= 0.6 is 0 Å². The van der Waals surface area contributed by atoms with Crippen molar-refractivity contribution in [3.63, 3.8) is 0 Å². The summed E-state index contributed by atoms with van der Waals surface area (Å²) in [4.78, 5) is 4.47. The molecule has 0 saturated carbocycles. The third kappa shape index (κ3) is 2.51. The van der Waals surface area contributed by atoms with Crippen LogP contribution in [0.3, 0.4) is 0 Å². The van der Waals surface area contributed by atoms with E-state index in [4.69, 9.17) is 10.5 Å². The topological polar surface area (TPSA) is 52.5 Å². The first kappa shape index (κ1) is 12.7. The normalized spacial score (nSPS) is 10.9. The van der Waals surface area contributed by atoms with E-state index >= 15 is 0 Å². The lowest BCUT2D eigenvalue weighted by atomic mass is 10.1.